The van der Waals surface area contributed by atoms with Crippen molar-refractivity contribution in [2.45, 2.75) is 25.7 Å². The number of halogens is 1. The first kappa shape index (κ1) is 20.4. The molecule has 7 nitrogen and oxygen atoms in total. The molecule has 0 spiro atoms. The lowest BCUT2D eigenvalue weighted by atomic mass is 9.93. The van der Waals surface area contributed by atoms with Gasteiger partial charge in [0.25, 0.3) is 0 Å². The van der Waals surface area contributed by atoms with Crippen molar-refractivity contribution in [2.75, 3.05) is 31.5 Å². The van der Waals surface area contributed by atoms with Crippen LogP contribution in [0.5, 0.6) is 0 Å². The number of nitrogens with one attached hydrogen (secondary N) is 2. The Morgan fingerprint density at radius 1 is 1.23 bits per heavy atom. The van der Waals surface area contributed by atoms with Crippen LogP contribution in [0.4, 0.5) is 5.69 Å². The van der Waals surface area contributed by atoms with Gasteiger partial charge in [-0.25, -0.2) is 0 Å². The van der Waals surface area contributed by atoms with Gasteiger partial charge in [0.1, 0.15) is 0 Å². The van der Waals surface area contributed by atoms with Crippen LogP contribution in [-0.4, -0.2) is 48.8 Å². The van der Waals surface area contributed by atoms with E-state index in [2.05, 4.69) is 31.5 Å². The Morgan fingerprint density at radius 3 is 2.73 bits per heavy atom. The van der Waals surface area contributed by atoms with Crippen LogP contribution >= 0.6 is 15.9 Å². The van der Waals surface area contributed by atoms with Gasteiger partial charge in [0.2, 0.25) is 17.7 Å². The summed E-state index contributed by atoms with van der Waals surface area (Å²) in [6, 6.07) is 7.30. The van der Waals surface area contributed by atoms with E-state index in [1.807, 2.05) is 18.2 Å². The third-order valence-corrected chi connectivity index (χ3v) is 5.05. The minimum atomic E-state index is -0.282. The van der Waals surface area contributed by atoms with E-state index in [1.54, 1.807) is 6.07 Å². The number of rotatable bonds is 8. The lowest BCUT2D eigenvalue weighted by molar-refractivity contribution is -0.125. The molecule has 0 aromatic heterocycles. The molecule has 1 aliphatic rings. The molecule has 0 aliphatic carbocycles. The van der Waals surface area contributed by atoms with Gasteiger partial charge in [0, 0.05) is 17.4 Å². The van der Waals surface area contributed by atoms with Crippen LogP contribution in [0.1, 0.15) is 25.7 Å². The van der Waals surface area contributed by atoms with Crippen molar-refractivity contribution in [2.24, 2.45) is 11.7 Å². The standard InChI is InChI=1S/C18H25BrN4O3/c19-14-5-1-2-6-15(14)22-17(25)10-21-18(26)12-23-9-3-4-13(11-23)7-8-16(20)24/h1-2,5-6,13H,3-4,7-12H2,(H2,20,24)(H,21,26)(H,22,25). The van der Waals surface area contributed by atoms with Gasteiger partial charge in [-0.2, -0.15) is 0 Å². The molecule has 8 heteroatoms. The van der Waals surface area contributed by atoms with Crippen LogP contribution in [0.25, 0.3) is 0 Å². The fraction of sp³-hybridized carbons (Fsp3) is 0.500. The third kappa shape index (κ3) is 7.13. The van der Waals surface area contributed by atoms with E-state index in [0.717, 1.165) is 36.8 Å². The number of hydrogen-bond donors (Lipinski definition) is 3. The fourth-order valence-corrected chi connectivity index (χ4v) is 3.46. The zero-order valence-electron chi connectivity index (χ0n) is 14.7. The number of carbonyl (C=O) groups excluding carboxylic acids is 3. The Kier molecular flexibility index (Phi) is 8.06. The molecule has 1 aromatic rings. The average molecular weight is 425 g/mol. The first-order valence-corrected chi connectivity index (χ1v) is 9.55. The number of piperidine rings is 1. The Labute approximate surface area is 161 Å². The molecule has 0 saturated carbocycles. The SMILES string of the molecule is NC(=O)CCC1CCCN(CC(=O)NCC(=O)Nc2ccccc2Br)C1. The molecule has 0 radical (unpaired) electrons. The summed E-state index contributed by atoms with van der Waals surface area (Å²) in [5, 5.41) is 5.40. The van der Waals surface area contributed by atoms with Crippen molar-refractivity contribution in [1.29, 1.82) is 0 Å². The summed E-state index contributed by atoms with van der Waals surface area (Å²) < 4.78 is 0.787. The molecule has 2 rings (SSSR count). The lowest BCUT2D eigenvalue weighted by Gasteiger charge is -2.32. The van der Waals surface area contributed by atoms with Gasteiger partial charge in [-0.15, -0.1) is 0 Å². The number of benzene rings is 1. The number of anilines is 1. The third-order valence-electron chi connectivity index (χ3n) is 4.36. The van der Waals surface area contributed by atoms with Crippen molar-refractivity contribution in [3.63, 3.8) is 0 Å². The molecule has 1 atom stereocenters. The van der Waals surface area contributed by atoms with Crippen LogP contribution in [0, 0.1) is 5.92 Å². The first-order chi connectivity index (χ1) is 12.4. The molecule has 1 saturated heterocycles. The number of likely N-dealkylation sites (tertiary alicyclic amines) is 1. The smallest absolute Gasteiger partial charge is 0.243 e. The Bertz CT molecular complexity index is 653. The second-order valence-corrected chi connectivity index (χ2v) is 7.41. The van der Waals surface area contributed by atoms with E-state index in [-0.39, 0.29) is 30.8 Å². The van der Waals surface area contributed by atoms with Crippen LogP contribution in [0.15, 0.2) is 28.7 Å². The molecule has 1 unspecified atom stereocenters. The number of nitrogens with zero attached hydrogens (tertiary/aromatic N) is 1. The number of para-hydroxylation sites is 1. The molecule has 3 amide bonds. The van der Waals surface area contributed by atoms with Crippen LogP contribution in [0.3, 0.4) is 0 Å². The molecule has 4 N–H and O–H groups in total. The van der Waals surface area contributed by atoms with E-state index in [9.17, 15) is 14.4 Å². The predicted molar refractivity (Wildman–Crippen MR) is 103 cm³/mol. The maximum absolute atomic E-state index is 12.1. The molecule has 1 aliphatic heterocycles. The highest BCUT2D eigenvalue weighted by molar-refractivity contribution is 9.10. The van der Waals surface area contributed by atoms with Gasteiger partial charge in [-0.1, -0.05) is 12.1 Å². The van der Waals surface area contributed by atoms with Crippen molar-refractivity contribution in [1.82, 2.24) is 10.2 Å². The van der Waals surface area contributed by atoms with E-state index in [0.29, 0.717) is 18.0 Å². The van der Waals surface area contributed by atoms with Gasteiger partial charge in [0.05, 0.1) is 18.8 Å². The van der Waals surface area contributed by atoms with E-state index in [1.165, 1.54) is 0 Å². The molecule has 142 valence electrons. The topological polar surface area (TPSA) is 105 Å². The zero-order chi connectivity index (χ0) is 18.9. The molecule has 1 fully saturated rings. The maximum atomic E-state index is 12.1. The van der Waals surface area contributed by atoms with Crippen LogP contribution in [0.2, 0.25) is 0 Å². The van der Waals surface area contributed by atoms with Gasteiger partial charge in [-0.05, 0) is 59.8 Å². The average Bonchev–Trinajstić information content (AvgIpc) is 2.60. The summed E-state index contributed by atoms with van der Waals surface area (Å²) in [6.45, 7) is 1.82. The Hall–Kier alpha value is -1.93. The Morgan fingerprint density at radius 2 is 2.00 bits per heavy atom. The predicted octanol–water partition coefficient (Wildman–Crippen LogP) is 1.48. The summed E-state index contributed by atoms with van der Waals surface area (Å²) in [6.07, 6.45) is 3.21. The molecule has 0 bridgehead atoms. The van der Waals surface area contributed by atoms with Crippen LogP contribution < -0.4 is 16.4 Å². The largest absolute Gasteiger partial charge is 0.370 e. The van der Waals surface area contributed by atoms with Crippen LogP contribution in [-0.2, 0) is 14.4 Å². The molecular weight excluding hydrogens is 400 g/mol. The van der Waals surface area contributed by atoms with Crippen molar-refractivity contribution < 1.29 is 14.4 Å². The second kappa shape index (κ2) is 10.3. The monoisotopic (exact) mass is 424 g/mol. The van der Waals surface area contributed by atoms with Gasteiger partial charge >= 0.3 is 0 Å². The number of hydrogen-bond acceptors (Lipinski definition) is 4. The summed E-state index contributed by atoms with van der Waals surface area (Å²) in [5.74, 6) is -0.343. The van der Waals surface area contributed by atoms with Crippen molar-refractivity contribution in [3.05, 3.63) is 28.7 Å². The number of nitrogens with two attached hydrogens (primary N) is 1. The van der Waals surface area contributed by atoms with E-state index in [4.69, 9.17) is 5.73 Å². The number of amides is 3. The summed E-state index contributed by atoms with van der Waals surface area (Å²) in [4.78, 5) is 37.0. The maximum Gasteiger partial charge on any atom is 0.243 e. The van der Waals surface area contributed by atoms with E-state index < -0.39 is 0 Å². The minimum Gasteiger partial charge on any atom is -0.370 e. The Balaban J connectivity index is 1.70. The second-order valence-electron chi connectivity index (χ2n) is 6.55. The quantitative estimate of drug-likeness (QED) is 0.587. The fourth-order valence-electron chi connectivity index (χ4n) is 3.07. The number of primary amides is 1. The normalized spacial score (nSPS) is 17.5. The van der Waals surface area contributed by atoms with Gasteiger partial charge in [0.15, 0.2) is 0 Å². The van der Waals surface area contributed by atoms with Gasteiger partial charge in [-0.3, -0.25) is 19.3 Å². The summed E-state index contributed by atoms with van der Waals surface area (Å²) in [5.41, 5.74) is 5.87. The first-order valence-electron chi connectivity index (χ1n) is 8.76. The molecule has 26 heavy (non-hydrogen) atoms. The zero-order valence-corrected chi connectivity index (χ0v) is 16.3. The number of carbonyl (C=O) groups is 3. The highest BCUT2D eigenvalue weighted by atomic mass is 79.9. The highest BCUT2D eigenvalue weighted by Crippen LogP contribution is 2.21. The van der Waals surface area contributed by atoms with E-state index >= 15 is 0 Å². The molecule has 1 aromatic carbocycles. The molecule has 1 heterocycles. The highest BCUT2D eigenvalue weighted by Gasteiger charge is 2.22. The molecular formula is C18H25BrN4O3. The van der Waals surface area contributed by atoms with Gasteiger partial charge < -0.3 is 16.4 Å². The summed E-state index contributed by atoms with van der Waals surface area (Å²) in [7, 11) is 0. The minimum absolute atomic E-state index is 0.0703. The van der Waals surface area contributed by atoms with Crippen molar-refractivity contribution in [3.8, 4) is 0 Å². The van der Waals surface area contributed by atoms with Crippen molar-refractivity contribution >= 4 is 39.3 Å². The summed E-state index contributed by atoms with van der Waals surface area (Å²) >= 11 is 3.36. The lowest BCUT2D eigenvalue weighted by Crippen LogP contribution is -2.44.